The van der Waals surface area contributed by atoms with Crippen molar-refractivity contribution in [2.24, 2.45) is 0 Å². The normalized spacial score (nSPS) is 12.7. The Bertz CT molecular complexity index is 801. The lowest BCUT2D eigenvalue weighted by molar-refractivity contribution is -0.113. The Hall–Kier alpha value is -2.66. The van der Waals surface area contributed by atoms with Crippen molar-refractivity contribution in [3.8, 4) is 17.2 Å². The van der Waals surface area contributed by atoms with E-state index in [1.54, 1.807) is 19.3 Å². The maximum Gasteiger partial charge on any atom is 0.255 e. The van der Waals surface area contributed by atoms with Crippen molar-refractivity contribution in [3.63, 3.8) is 0 Å². The largest absolute Gasteiger partial charge is 0.506 e. The predicted molar refractivity (Wildman–Crippen MR) is 88.2 cm³/mol. The van der Waals surface area contributed by atoms with Gasteiger partial charge in [-0.15, -0.1) is 0 Å². The number of anilines is 1. The van der Waals surface area contributed by atoms with E-state index >= 15 is 0 Å². The molecule has 0 atom stereocenters. The van der Waals surface area contributed by atoms with Crippen LogP contribution in [0.1, 0.15) is 5.56 Å². The molecule has 118 valence electrons. The van der Waals surface area contributed by atoms with Crippen molar-refractivity contribution < 1.29 is 19.4 Å². The standard InChI is InChI=1S/C17H14ClNO4/c1-22-15-4-2-3-10-7-11(9-23-16(10)15)17(21)19-13-8-12(18)5-6-14(13)20/h2-8,20H,9H2,1H3,(H,19,21). The van der Waals surface area contributed by atoms with Gasteiger partial charge < -0.3 is 19.9 Å². The number of phenolic OH excluding ortho intramolecular Hbond substituents is 1. The van der Waals surface area contributed by atoms with Crippen molar-refractivity contribution in [1.82, 2.24) is 0 Å². The Morgan fingerprint density at radius 1 is 1.35 bits per heavy atom. The molecule has 2 N–H and O–H groups in total. The topological polar surface area (TPSA) is 67.8 Å². The van der Waals surface area contributed by atoms with Crippen LogP contribution in [0, 0.1) is 0 Å². The van der Waals surface area contributed by atoms with E-state index in [9.17, 15) is 9.90 Å². The van der Waals surface area contributed by atoms with Crippen molar-refractivity contribution >= 4 is 29.3 Å². The van der Waals surface area contributed by atoms with E-state index in [0.29, 0.717) is 22.1 Å². The summed E-state index contributed by atoms with van der Waals surface area (Å²) in [6.07, 6.45) is 1.73. The second-order valence-electron chi connectivity index (χ2n) is 4.95. The molecular formula is C17H14ClNO4. The third kappa shape index (κ3) is 3.10. The van der Waals surface area contributed by atoms with Crippen LogP contribution >= 0.6 is 11.6 Å². The smallest absolute Gasteiger partial charge is 0.255 e. The van der Waals surface area contributed by atoms with Gasteiger partial charge in [0, 0.05) is 10.6 Å². The molecule has 0 aromatic heterocycles. The van der Waals surface area contributed by atoms with Gasteiger partial charge in [0.05, 0.1) is 18.4 Å². The number of carbonyl (C=O) groups excluding carboxylic acids is 1. The van der Waals surface area contributed by atoms with E-state index in [1.165, 1.54) is 18.2 Å². The van der Waals surface area contributed by atoms with Gasteiger partial charge >= 0.3 is 0 Å². The molecule has 1 heterocycles. The first kappa shape index (κ1) is 15.2. The highest BCUT2D eigenvalue weighted by molar-refractivity contribution is 6.31. The summed E-state index contributed by atoms with van der Waals surface area (Å²) in [5.74, 6) is 0.807. The fourth-order valence-corrected chi connectivity index (χ4v) is 2.46. The lowest BCUT2D eigenvalue weighted by Gasteiger charge is -2.19. The van der Waals surface area contributed by atoms with E-state index in [2.05, 4.69) is 5.32 Å². The molecule has 0 saturated heterocycles. The number of ether oxygens (including phenoxy) is 2. The van der Waals surface area contributed by atoms with Crippen molar-refractivity contribution in [2.45, 2.75) is 0 Å². The highest BCUT2D eigenvalue weighted by Gasteiger charge is 2.20. The zero-order valence-electron chi connectivity index (χ0n) is 12.3. The number of phenols is 1. The van der Waals surface area contributed by atoms with Crippen LogP contribution < -0.4 is 14.8 Å². The van der Waals surface area contributed by atoms with E-state index < -0.39 is 0 Å². The molecule has 0 spiro atoms. The lowest BCUT2D eigenvalue weighted by Crippen LogP contribution is -2.21. The molecule has 0 radical (unpaired) electrons. The number of para-hydroxylation sites is 1. The van der Waals surface area contributed by atoms with Crippen LogP contribution in [-0.2, 0) is 4.79 Å². The zero-order chi connectivity index (χ0) is 16.4. The molecule has 0 fully saturated rings. The molecule has 6 heteroatoms. The number of fused-ring (bicyclic) bond motifs is 1. The van der Waals surface area contributed by atoms with Gasteiger partial charge in [0.15, 0.2) is 11.5 Å². The second-order valence-corrected chi connectivity index (χ2v) is 5.39. The highest BCUT2D eigenvalue weighted by atomic mass is 35.5. The third-order valence-corrected chi connectivity index (χ3v) is 3.66. The van der Waals surface area contributed by atoms with Crippen LogP contribution in [0.2, 0.25) is 5.02 Å². The van der Waals surface area contributed by atoms with Gasteiger partial charge in [-0.25, -0.2) is 0 Å². The summed E-state index contributed by atoms with van der Waals surface area (Å²) in [7, 11) is 1.56. The first-order valence-corrected chi connectivity index (χ1v) is 7.26. The number of benzene rings is 2. The Morgan fingerprint density at radius 3 is 2.96 bits per heavy atom. The highest BCUT2D eigenvalue weighted by Crippen LogP contribution is 2.36. The van der Waals surface area contributed by atoms with Gasteiger partial charge in [-0.05, 0) is 30.3 Å². The molecule has 3 rings (SSSR count). The number of carbonyl (C=O) groups is 1. The van der Waals surface area contributed by atoms with E-state index in [-0.39, 0.29) is 24.0 Å². The van der Waals surface area contributed by atoms with Gasteiger partial charge in [0.2, 0.25) is 0 Å². The van der Waals surface area contributed by atoms with Crippen LogP contribution in [0.4, 0.5) is 5.69 Å². The van der Waals surface area contributed by atoms with Crippen LogP contribution in [0.25, 0.3) is 6.08 Å². The van der Waals surface area contributed by atoms with Gasteiger partial charge in [0.1, 0.15) is 12.4 Å². The van der Waals surface area contributed by atoms with Crippen molar-refractivity contribution in [1.29, 1.82) is 0 Å². The Labute approximate surface area is 138 Å². The fraction of sp³-hybridized carbons (Fsp3) is 0.118. The summed E-state index contributed by atoms with van der Waals surface area (Å²) in [5.41, 5.74) is 1.45. The van der Waals surface area contributed by atoms with Crippen LogP contribution in [0.3, 0.4) is 0 Å². The molecule has 2 aromatic carbocycles. The van der Waals surface area contributed by atoms with Gasteiger partial charge in [-0.3, -0.25) is 4.79 Å². The molecule has 1 amide bonds. The minimum Gasteiger partial charge on any atom is -0.506 e. The molecule has 5 nitrogen and oxygen atoms in total. The number of methoxy groups -OCH3 is 1. The number of aromatic hydroxyl groups is 1. The van der Waals surface area contributed by atoms with Crippen LogP contribution in [0.5, 0.6) is 17.2 Å². The maximum atomic E-state index is 12.4. The first-order chi connectivity index (χ1) is 11.1. The molecule has 23 heavy (non-hydrogen) atoms. The maximum absolute atomic E-state index is 12.4. The molecule has 1 aliphatic heterocycles. The molecule has 0 unspecified atom stereocenters. The summed E-state index contributed by atoms with van der Waals surface area (Å²) < 4.78 is 10.9. The van der Waals surface area contributed by atoms with E-state index in [4.69, 9.17) is 21.1 Å². The summed E-state index contributed by atoms with van der Waals surface area (Å²) in [6, 6.07) is 9.89. The quantitative estimate of drug-likeness (QED) is 0.845. The first-order valence-electron chi connectivity index (χ1n) is 6.88. The molecule has 0 saturated carbocycles. The Balaban J connectivity index is 1.86. The van der Waals surface area contributed by atoms with Crippen molar-refractivity contribution in [3.05, 3.63) is 52.6 Å². The molecule has 0 aliphatic carbocycles. The number of amides is 1. The third-order valence-electron chi connectivity index (χ3n) is 3.43. The van der Waals surface area contributed by atoms with E-state index in [0.717, 1.165) is 5.56 Å². The lowest BCUT2D eigenvalue weighted by atomic mass is 10.1. The number of rotatable bonds is 3. The molecular weight excluding hydrogens is 318 g/mol. The fourth-order valence-electron chi connectivity index (χ4n) is 2.28. The van der Waals surface area contributed by atoms with Crippen LogP contribution in [0.15, 0.2) is 42.0 Å². The minimum absolute atomic E-state index is 0.0536. The minimum atomic E-state index is -0.365. The van der Waals surface area contributed by atoms with Gasteiger partial charge in [-0.1, -0.05) is 23.7 Å². The summed E-state index contributed by atoms with van der Waals surface area (Å²) >= 11 is 5.87. The summed E-state index contributed by atoms with van der Waals surface area (Å²) in [4.78, 5) is 12.4. The number of hydrogen-bond donors (Lipinski definition) is 2. The number of hydrogen-bond acceptors (Lipinski definition) is 4. The van der Waals surface area contributed by atoms with Gasteiger partial charge in [0.25, 0.3) is 5.91 Å². The average Bonchev–Trinajstić information content (AvgIpc) is 2.57. The Kier molecular flexibility index (Phi) is 4.12. The van der Waals surface area contributed by atoms with E-state index in [1.807, 2.05) is 12.1 Å². The zero-order valence-corrected chi connectivity index (χ0v) is 13.1. The second kappa shape index (κ2) is 6.22. The SMILES string of the molecule is COc1cccc2c1OCC(C(=O)Nc1cc(Cl)ccc1O)=C2. The Morgan fingerprint density at radius 2 is 2.17 bits per heavy atom. The molecule has 0 bridgehead atoms. The number of halogens is 1. The van der Waals surface area contributed by atoms with Gasteiger partial charge in [-0.2, -0.15) is 0 Å². The average molecular weight is 332 g/mol. The van der Waals surface area contributed by atoms with Crippen LogP contribution in [-0.4, -0.2) is 24.7 Å². The molecule has 1 aliphatic rings. The summed E-state index contributed by atoms with van der Waals surface area (Å²) in [5, 5.41) is 12.8. The molecule has 2 aromatic rings. The monoisotopic (exact) mass is 331 g/mol. The summed E-state index contributed by atoms with van der Waals surface area (Å²) in [6.45, 7) is 0.112. The predicted octanol–water partition coefficient (Wildman–Crippen LogP) is 3.47. The number of nitrogens with one attached hydrogen (secondary N) is 1. The van der Waals surface area contributed by atoms with Crippen molar-refractivity contribution in [2.75, 3.05) is 19.0 Å².